The van der Waals surface area contributed by atoms with Crippen LogP contribution in [0.5, 0.6) is 0 Å². The van der Waals surface area contributed by atoms with Gasteiger partial charge in [0.05, 0.1) is 18.2 Å². The van der Waals surface area contributed by atoms with Gasteiger partial charge in [-0.05, 0) is 30.8 Å². The third-order valence-electron chi connectivity index (χ3n) is 4.16. The summed E-state index contributed by atoms with van der Waals surface area (Å²) in [5, 5.41) is 6.37. The van der Waals surface area contributed by atoms with Crippen molar-refractivity contribution in [3.05, 3.63) is 35.4 Å². The molecule has 0 spiro atoms. The van der Waals surface area contributed by atoms with Gasteiger partial charge in [-0.15, -0.1) is 24.0 Å². The molecule has 0 aliphatic rings. The van der Waals surface area contributed by atoms with Gasteiger partial charge in [0.25, 0.3) is 0 Å². The van der Waals surface area contributed by atoms with E-state index in [0.29, 0.717) is 25.7 Å². The van der Waals surface area contributed by atoms with Crippen molar-refractivity contribution in [2.75, 3.05) is 46.9 Å². The molecule has 1 rings (SSSR count). The number of nitrogens with one attached hydrogen (secondary N) is 2. The first-order valence-electron chi connectivity index (χ1n) is 8.71. The molecule has 156 valence electrons. The lowest BCUT2D eigenvalue weighted by Crippen LogP contribution is -2.44. The van der Waals surface area contributed by atoms with Gasteiger partial charge in [-0.1, -0.05) is 26.0 Å². The number of aliphatic imine (C=N–C) groups is 1. The van der Waals surface area contributed by atoms with Crippen molar-refractivity contribution >= 4 is 29.9 Å². The molecule has 9 heteroatoms. The van der Waals surface area contributed by atoms with Crippen molar-refractivity contribution in [3.8, 4) is 0 Å². The molecule has 0 saturated carbocycles. The summed E-state index contributed by atoms with van der Waals surface area (Å²) in [6.07, 6.45) is -4.32. The number of alkyl halides is 3. The summed E-state index contributed by atoms with van der Waals surface area (Å²) < 4.78 is 43.4. The van der Waals surface area contributed by atoms with E-state index in [1.165, 1.54) is 0 Å². The molecule has 0 heterocycles. The second-order valence-electron chi connectivity index (χ2n) is 5.73. The number of hydrogen-bond donors (Lipinski definition) is 2. The molecule has 27 heavy (non-hydrogen) atoms. The fraction of sp³-hybridized carbons (Fsp3) is 0.611. The Morgan fingerprint density at radius 1 is 1.15 bits per heavy atom. The Kier molecular flexibility index (Phi) is 12.6. The van der Waals surface area contributed by atoms with E-state index in [2.05, 4.69) is 20.5 Å². The first kappa shape index (κ1) is 25.9. The number of guanidine groups is 1. The van der Waals surface area contributed by atoms with E-state index in [1.54, 1.807) is 26.3 Å². The normalized spacial score (nSPS) is 13.3. The largest absolute Gasteiger partial charge is 0.416 e. The van der Waals surface area contributed by atoms with E-state index in [1.807, 2.05) is 13.8 Å². The van der Waals surface area contributed by atoms with Crippen molar-refractivity contribution < 1.29 is 17.9 Å². The van der Waals surface area contributed by atoms with Crippen LogP contribution in [0.1, 0.15) is 31.0 Å². The molecule has 0 amide bonds. The number of rotatable bonds is 9. The van der Waals surface area contributed by atoms with E-state index < -0.39 is 11.7 Å². The molecule has 1 aromatic rings. The van der Waals surface area contributed by atoms with Gasteiger partial charge < -0.3 is 15.4 Å². The number of halogens is 4. The van der Waals surface area contributed by atoms with Crippen LogP contribution in [0.3, 0.4) is 0 Å². The fourth-order valence-electron chi connectivity index (χ4n) is 2.70. The first-order valence-corrected chi connectivity index (χ1v) is 8.71. The minimum Gasteiger partial charge on any atom is -0.383 e. The SMILES string of the molecule is CCN(CC)C(CNC(=NC)NCCOC)c1ccc(C(F)(F)F)cc1.I. The molecule has 0 saturated heterocycles. The molecule has 0 aromatic heterocycles. The van der Waals surface area contributed by atoms with E-state index >= 15 is 0 Å². The number of methoxy groups -OCH3 is 1. The lowest BCUT2D eigenvalue weighted by Gasteiger charge is -2.31. The molecule has 0 aliphatic carbocycles. The van der Waals surface area contributed by atoms with Gasteiger partial charge in [0.15, 0.2) is 5.96 Å². The number of nitrogens with zero attached hydrogens (tertiary/aromatic N) is 2. The minimum atomic E-state index is -4.32. The summed E-state index contributed by atoms with van der Waals surface area (Å²) in [7, 11) is 3.30. The molecule has 5 nitrogen and oxygen atoms in total. The summed E-state index contributed by atoms with van der Waals surface area (Å²) in [6, 6.07) is 5.31. The average Bonchev–Trinajstić information content (AvgIpc) is 2.63. The van der Waals surface area contributed by atoms with Gasteiger partial charge in [-0.3, -0.25) is 9.89 Å². The predicted octanol–water partition coefficient (Wildman–Crippen LogP) is 3.52. The lowest BCUT2D eigenvalue weighted by molar-refractivity contribution is -0.137. The molecular formula is C18H30F3IN4O. The van der Waals surface area contributed by atoms with Gasteiger partial charge in [-0.25, -0.2) is 0 Å². The Balaban J connectivity index is 0.00000676. The van der Waals surface area contributed by atoms with Crippen LogP contribution in [0, 0.1) is 0 Å². The van der Waals surface area contributed by atoms with E-state index in [-0.39, 0.29) is 30.0 Å². The second kappa shape index (κ2) is 13.2. The Bertz CT molecular complexity index is 549. The van der Waals surface area contributed by atoms with Crippen molar-refractivity contribution in [2.45, 2.75) is 26.1 Å². The average molecular weight is 502 g/mol. The van der Waals surface area contributed by atoms with Gasteiger partial charge in [-0.2, -0.15) is 13.2 Å². The first-order chi connectivity index (χ1) is 12.4. The lowest BCUT2D eigenvalue weighted by atomic mass is 10.0. The van der Waals surface area contributed by atoms with Crippen molar-refractivity contribution in [1.82, 2.24) is 15.5 Å². The van der Waals surface area contributed by atoms with Crippen LogP contribution >= 0.6 is 24.0 Å². The molecule has 1 atom stereocenters. The predicted molar refractivity (Wildman–Crippen MR) is 114 cm³/mol. The number of ether oxygens (including phenoxy) is 1. The minimum absolute atomic E-state index is 0. The fourth-order valence-corrected chi connectivity index (χ4v) is 2.70. The second-order valence-corrected chi connectivity index (χ2v) is 5.73. The van der Waals surface area contributed by atoms with Gasteiger partial charge in [0.1, 0.15) is 0 Å². The van der Waals surface area contributed by atoms with E-state index in [4.69, 9.17) is 4.74 Å². The monoisotopic (exact) mass is 502 g/mol. The van der Waals surface area contributed by atoms with Gasteiger partial charge in [0, 0.05) is 27.2 Å². The maximum Gasteiger partial charge on any atom is 0.416 e. The highest BCUT2D eigenvalue weighted by Crippen LogP contribution is 2.30. The third-order valence-corrected chi connectivity index (χ3v) is 4.16. The maximum atomic E-state index is 12.8. The zero-order chi connectivity index (χ0) is 19.6. The maximum absolute atomic E-state index is 12.8. The number of benzene rings is 1. The summed E-state index contributed by atoms with van der Waals surface area (Å²) >= 11 is 0. The van der Waals surface area contributed by atoms with Gasteiger partial charge in [0.2, 0.25) is 0 Å². The zero-order valence-corrected chi connectivity index (χ0v) is 18.6. The Morgan fingerprint density at radius 2 is 1.74 bits per heavy atom. The molecular weight excluding hydrogens is 472 g/mol. The van der Waals surface area contributed by atoms with Crippen LogP contribution in [0.4, 0.5) is 13.2 Å². The van der Waals surface area contributed by atoms with Crippen LogP contribution in [0.2, 0.25) is 0 Å². The van der Waals surface area contributed by atoms with Crippen LogP contribution in [-0.4, -0.2) is 57.8 Å². The molecule has 0 bridgehead atoms. The third kappa shape index (κ3) is 8.65. The Labute approximate surface area is 176 Å². The molecule has 1 unspecified atom stereocenters. The molecule has 2 N–H and O–H groups in total. The highest BCUT2D eigenvalue weighted by molar-refractivity contribution is 14.0. The van der Waals surface area contributed by atoms with Gasteiger partial charge >= 0.3 is 6.18 Å². The zero-order valence-electron chi connectivity index (χ0n) is 16.3. The highest BCUT2D eigenvalue weighted by Gasteiger charge is 2.30. The van der Waals surface area contributed by atoms with Crippen molar-refractivity contribution in [1.29, 1.82) is 0 Å². The molecule has 0 fully saturated rings. The molecule has 0 radical (unpaired) electrons. The quantitative estimate of drug-likeness (QED) is 0.235. The summed E-state index contributed by atoms with van der Waals surface area (Å²) in [5.41, 5.74) is 0.200. The van der Waals surface area contributed by atoms with Crippen LogP contribution in [0.15, 0.2) is 29.3 Å². The number of hydrogen-bond acceptors (Lipinski definition) is 3. The number of likely N-dealkylation sites (N-methyl/N-ethyl adjacent to an activating group) is 1. The summed E-state index contributed by atoms with van der Waals surface area (Å²) in [5.74, 6) is 0.631. The molecule has 1 aromatic carbocycles. The standard InChI is InChI=1S/C18H29F3N4O.HI/c1-5-25(6-2)16(13-24-17(22-3)23-11-12-26-4)14-7-9-15(10-8-14)18(19,20)21;/h7-10,16H,5-6,11-13H2,1-4H3,(H2,22,23,24);1H. The summed E-state index contributed by atoms with van der Waals surface area (Å²) in [6.45, 7) is 7.35. The van der Waals surface area contributed by atoms with Crippen molar-refractivity contribution in [2.24, 2.45) is 4.99 Å². The van der Waals surface area contributed by atoms with Crippen LogP contribution < -0.4 is 10.6 Å². The highest BCUT2D eigenvalue weighted by atomic mass is 127. The van der Waals surface area contributed by atoms with Crippen molar-refractivity contribution in [3.63, 3.8) is 0 Å². The smallest absolute Gasteiger partial charge is 0.383 e. The Morgan fingerprint density at radius 3 is 2.19 bits per heavy atom. The topological polar surface area (TPSA) is 48.9 Å². The van der Waals surface area contributed by atoms with Crippen LogP contribution in [-0.2, 0) is 10.9 Å². The summed E-state index contributed by atoms with van der Waals surface area (Å²) in [4.78, 5) is 6.35. The van der Waals surface area contributed by atoms with Crippen LogP contribution in [0.25, 0.3) is 0 Å². The molecule has 0 aliphatic heterocycles. The van der Waals surface area contributed by atoms with E-state index in [9.17, 15) is 13.2 Å². The van der Waals surface area contributed by atoms with E-state index in [0.717, 1.165) is 30.8 Å². The Hall–Kier alpha value is -1.07.